The Hall–Kier alpha value is -2.40. The number of anilines is 2. The molecular weight excluding hydrogens is 395 g/mol. The van der Waals surface area contributed by atoms with Crippen LogP contribution < -0.4 is 11.1 Å². The molecule has 1 unspecified atom stereocenters. The van der Waals surface area contributed by atoms with Crippen molar-refractivity contribution in [1.29, 1.82) is 0 Å². The molecule has 0 spiro atoms. The van der Waals surface area contributed by atoms with Crippen molar-refractivity contribution < 1.29 is 5.11 Å². The van der Waals surface area contributed by atoms with Crippen molar-refractivity contribution in [2.24, 2.45) is 0 Å². The molecule has 0 amide bonds. The Labute approximate surface area is 180 Å². The summed E-state index contributed by atoms with van der Waals surface area (Å²) in [5, 5.41) is 13.6. The Morgan fingerprint density at radius 3 is 2.83 bits per heavy atom. The van der Waals surface area contributed by atoms with E-state index in [1.54, 1.807) is 6.33 Å². The highest BCUT2D eigenvalue weighted by molar-refractivity contribution is 7.16. The Balaban J connectivity index is 1.70. The van der Waals surface area contributed by atoms with E-state index in [1.165, 1.54) is 19.3 Å². The molecule has 1 aliphatic carbocycles. The maximum Gasteiger partial charge on any atom is 0.231 e. The minimum Gasteiger partial charge on any atom is -0.512 e. The van der Waals surface area contributed by atoms with Gasteiger partial charge in [-0.15, -0.1) is 9.24 Å². The standard InChI is InChI=1S/C22H33N6OP/c1-2-3-4-5-8-16-9-10-17(11-12-18(16)29)25-22-26-20(23)19-21(27-22)28(15-24-19)13-6-7-14-30/h9-11,15,29H,2-8,12-14,30H2,1H3,(H3,23,25,26,27). The number of imidazole rings is 1. The van der Waals surface area contributed by atoms with Crippen LogP contribution in [0.15, 0.2) is 41.6 Å². The van der Waals surface area contributed by atoms with E-state index < -0.39 is 0 Å². The average molecular weight is 429 g/mol. The number of unbranched alkanes of at least 4 members (excludes halogenated alkanes) is 4. The third-order valence-electron chi connectivity index (χ3n) is 5.25. The molecule has 4 N–H and O–H groups in total. The average Bonchev–Trinajstić information content (AvgIpc) is 3.06. The number of aliphatic hydroxyl groups is 1. The Bertz CT molecular complexity index is 946. The summed E-state index contributed by atoms with van der Waals surface area (Å²) in [6, 6.07) is 0. The number of rotatable bonds is 11. The van der Waals surface area contributed by atoms with Crippen molar-refractivity contribution in [3.8, 4) is 0 Å². The number of fused-ring (bicyclic) bond motifs is 1. The molecule has 0 fully saturated rings. The zero-order valence-corrected chi connectivity index (χ0v) is 18.9. The van der Waals surface area contributed by atoms with Crippen molar-refractivity contribution in [3.05, 3.63) is 41.6 Å². The van der Waals surface area contributed by atoms with Gasteiger partial charge in [0.1, 0.15) is 5.52 Å². The van der Waals surface area contributed by atoms with Crippen LogP contribution in [0, 0.1) is 0 Å². The van der Waals surface area contributed by atoms with Gasteiger partial charge in [0.15, 0.2) is 11.5 Å². The molecule has 0 saturated carbocycles. The molecule has 162 valence electrons. The molecule has 2 aromatic heterocycles. The number of nitrogens with two attached hydrogens (primary N) is 1. The van der Waals surface area contributed by atoms with Crippen LogP contribution in [0.4, 0.5) is 11.8 Å². The molecule has 3 rings (SSSR count). The fourth-order valence-electron chi connectivity index (χ4n) is 3.50. The summed E-state index contributed by atoms with van der Waals surface area (Å²) in [7, 11) is 2.75. The lowest BCUT2D eigenvalue weighted by atomic mass is 10.0. The van der Waals surface area contributed by atoms with E-state index in [9.17, 15) is 5.11 Å². The Morgan fingerprint density at radius 2 is 2.03 bits per heavy atom. The van der Waals surface area contributed by atoms with Gasteiger partial charge in [0, 0.05) is 18.7 Å². The van der Waals surface area contributed by atoms with E-state index in [0.717, 1.165) is 55.3 Å². The monoisotopic (exact) mass is 428 g/mol. The maximum atomic E-state index is 10.4. The molecule has 0 aliphatic heterocycles. The van der Waals surface area contributed by atoms with Crippen LogP contribution in [0.1, 0.15) is 58.3 Å². The molecule has 2 heterocycles. The lowest BCUT2D eigenvalue weighted by molar-refractivity contribution is 0.393. The summed E-state index contributed by atoms with van der Waals surface area (Å²) in [6.45, 7) is 3.05. The first kappa shape index (κ1) is 22.3. The minimum atomic E-state index is 0.364. The molecule has 2 aromatic rings. The quantitative estimate of drug-likeness (QED) is 0.340. The van der Waals surface area contributed by atoms with E-state index in [0.29, 0.717) is 29.5 Å². The molecule has 0 saturated heterocycles. The van der Waals surface area contributed by atoms with Crippen LogP contribution in [0.5, 0.6) is 0 Å². The van der Waals surface area contributed by atoms with Gasteiger partial charge in [-0.3, -0.25) is 0 Å². The van der Waals surface area contributed by atoms with E-state index in [-0.39, 0.29) is 0 Å². The number of aliphatic hydroxyl groups excluding tert-OH is 1. The lowest BCUT2D eigenvalue weighted by Crippen LogP contribution is -2.06. The number of aryl methyl sites for hydroxylation is 1. The van der Waals surface area contributed by atoms with Crippen molar-refractivity contribution in [1.82, 2.24) is 19.5 Å². The minimum absolute atomic E-state index is 0.364. The van der Waals surface area contributed by atoms with Crippen molar-refractivity contribution >= 4 is 32.2 Å². The second kappa shape index (κ2) is 11.1. The molecular formula is C22H33N6OP. The SMILES string of the molecule is CCCCCCC1=C(O)CC=C(Nc2nc(N)c3ncn(CCCCP)c3n2)C=C1. The second-order valence-corrected chi connectivity index (χ2v) is 8.22. The summed E-state index contributed by atoms with van der Waals surface area (Å²) in [5.74, 6) is 1.24. The predicted octanol–water partition coefficient (Wildman–Crippen LogP) is 5.10. The van der Waals surface area contributed by atoms with Crippen LogP contribution in [-0.2, 0) is 6.54 Å². The first-order valence-corrected chi connectivity index (χ1v) is 11.7. The van der Waals surface area contributed by atoms with Gasteiger partial charge in [0.05, 0.1) is 12.1 Å². The molecule has 1 atom stereocenters. The molecule has 0 bridgehead atoms. The molecule has 8 heteroatoms. The number of allylic oxidation sites excluding steroid dienone is 4. The zero-order chi connectivity index (χ0) is 21.3. The van der Waals surface area contributed by atoms with Crippen LogP contribution in [-0.4, -0.2) is 30.8 Å². The van der Waals surface area contributed by atoms with Crippen molar-refractivity contribution in [3.63, 3.8) is 0 Å². The second-order valence-electron chi connectivity index (χ2n) is 7.64. The topological polar surface area (TPSA) is 102 Å². The van der Waals surface area contributed by atoms with Gasteiger partial charge in [-0.1, -0.05) is 38.3 Å². The van der Waals surface area contributed by atoms with Gasteiger partial charge in [-0.25, -0.2) is 4.98 Å². The summed E-state index contributed by atoms with van der Waals surface area (Å²) < 4.78 is 2.03. The smallest absolute Gasteiger partial charge is 0.231 e. The number of nitrogens with zero attached hydrogens (tertiary/aromatic N) is 4. The lowest BCUT2D eigenvalue weighted by Gasteiger charge is -2.08. The van der Waals surface area contributed by atoms with Gasteiger partial charge < -0.3 is 20.7 Å². The summed E-state index contributed by atoms with van der Waals surface area (Å²) in [5.41, 5.74) is 9.35. The van der Waals surface area contributed by atoms with E-state index >= 15 is 0 Å². The highest BCUT2D eigenvalue weighted by atomic mass is 31.0. The normalized spacial score (nSPS) is 14.3. The Morgan fingerprint density at radius 1 is 1.17 bits per heavy atom. The van der Waals surface area contributed by atoms with Crippen LogP contribution in [0.2, 0.25) is 0 Å². The van der Waals surface area contributed by atoms with Gasteiger partial charge in [-0.05, 0) is 43.5 Å². The number of hydrogen-bond donors (Lipinski definition) is 3. The first-order valence-electron chi connectivity index (χ1n) is 10.9. The highest BCUT2D eigenvalue weighted by Crippen LogP contribution is 2.23. The number of hydrogen-bond acceptors (Lipinski definition) is 6. The molecule has 7 nitrogen and oxygen atoms in total. The van der Waals surface area contributed by atoms with E-state index in [4.69, 9.17) is 5.73 Å². The first-order chi connectivity index (χ1) is 14.6. The number of aromatic nitrogens is 4. The van der Waals surface area contributed by atoms with E-state index in [2.05, 4.69) is 36.4 Å². The zero-order valence-electron chi connectivity index (χ0n) is 17.8. The van der Waals surface area contributed by atoms with Crippen molar-refractivity contribution in [2.45, 2.75) is 64.8 Å². The van der Waals surface area contributed by atoms with Crippen LogP contribution >= 0.6 is 9.24 Å². The van der Waals surface area contributed by atoms with Crippen molar-refractivity contribution in [2.75, 3.05) is 17.2 Å². The predicted molar refractivity (Wildman–Crippen MR) is 127 cm³/mol. The van der Waals surface area contributed by atoms with Crippen LogP contribution in [0.3, 0.4) is 0 Å². The van der Waals surface area contributed by atoms with Gasteiger partial charge in [0.25, 0.3) is 0 Å². The maximum absolute atomic E-state index is 10.4. The summed E-state index contributed by atoms with van der Waals surface area (Å²) in [4.78, 5) is 13.4. The van der Waals surface area contributed by atoms with Gasteiger partial charge in [-0.2, -0.15) is 9.97 Å². The molecule has 30 heavy (non-hydrogen) atoms. The fourth-order valence-corrected chi connectivity index (χ4v) is 3.78. The largest absolute Gasteiger partial charge is 0.512 e. The molecule has 1 aliphatic rings. The third kappa shape index (κ3) is 5.82. The number of nitrogen functional groups attached to an aromatic ring is 1. The van der Waals surface area contributed by atoms with Gasteiger partial charge in [0.2, 0.25) is 5.95 Å². The van der Waals surface area contributed by atoms with Gasteiger partial charge >= 0.3 is 0 Å². The van der Waals surface area contributed by atoms with E-state index in [1.807, 2.05) is 22.8 Å². The Kier molecular flexibility index (Phi) is 8.26. The third-order valence-corrected chi connectivity index (χ3v) is 5.66. The fraction of sp³-hybridized carbons (Fsp3) is 0.500. The van der Waals surface area contributed by atoms with Crippen LogP contribution in [0.25, 0.3) is 11.2 Å². The molecule has 0 radical (unpaired) electrons. The highest BCUT2D eigenvalue weighted by Gasteiger charge is 2.13. The molecule has 0 aromatic carbocycles. The number of nitrogens with one attached hydrogen (secondary N) is 1. The summed E-state index contributed by atoms with van der Waals surface area (Å²) in [6.07, 6.45) is 17.1. The summed E-state index contributed by atoms with van der Waals surface area (Å²) >= 11 is 0.